The molecule has 1 aromatic heterocycles. The van der Waals surface area contributed by atoms with E-state index in [0.717, 1.165) is 27.3 Å². The van der Waals surface area contributed by atoms with Crippen LogP contribution in [0.25, 0.3) is 11.1 Å². The third kappa shape index (κ3) is 3.63. The normalized spacial score (nSPS) is 15.5. The summed E-state index contributed by atoms with van der Waals surface area (Å²) < 4.78 is 5.61. The van der Waals surface area contributed by atoms with Gasteiger partial charge in [0.05, 0.1) is 12.3 Å². The number of carbonyl (C=O) groups excluding carboxylic acids is 1. The summed E-state index contributed by atoms with van der Waals surface area (Å²) in [5.41, 5.74) is 4.01. The minimum Gasteiger partial charge on any atom is -0.494 e. The molecule has 0 saturated heterocycles. The minimum atomic E-state index is -0.990. The Morgan fingerprint density at radius 2 is 2.00 bits per heavy atom. The topological polar surface area (TPSA) is 75.6 Å². The Hall–Kier alpha value is -3.12. The van der Waals surface area contributed by atoms with E-state index in [-0.39, 0.29) is 23.1 Å². The SMILES string of the molecule is CCOc1cccc([C@@H]2CC(=O)Nc3c2sc(C(=O)O)c3-c2ccc(C)cc2)c1. The summed E-state index contributed by atoms with van der Waals surface area (Å²) in [4.78, 5) is 25.7. The molecule has 29 heavy (non-hydrogen) atoms. The molecule has 2 aromatic carbocycles. The molecule has 148 valence electrons. The summed E-state index contributed by atoms with van der Waals surface area (Å²) in [6, 6.07) is 15.4. The molecule has 2 N–H and O–H groups in total. The van der Waals surface area contributed by atoms with Gasteiger partial charge < -0.3 is 15.2 Å². The van der Waals surface area contributed by atoms with Crippen molar-refractivity contribution in [2.45, 2.75) is 26.2 Å². The van der Waals surface area contributed by atoms with Crippen LogP contribution < -0.4 is 10.1 Å². The summed E-state index contributed by atoms with van der Waals surface area (Å²) in [6.45, 7) is 4.46. The Labute approximate surface area is 173 Å². The number of carboxylic acids is 1. The first-order chi connectivity index (χ1) is 14.0. The Balaban J connectivity index is 1.88. The molecule has 2 heterocycles. The Kier molecular flexibility index (Phi) is 5.11. The molecule has 0 radical (unpaired) electrons. The van der Waals surface area contributed by atoms with E-state index in [9.17, 15) is 14.7 Å². The van der Waals surface area contributed by atoms with Gasteiger partial charge in [0.25, 0.3) is 0 Å². The first kappa shape index (κ1) is 19.2. The van der Waals surface area contributed by atoms with Gasteiger partial charge in [0.15, 0.2) is 0 Å². The lowest BCUT2D eigenvalue weighted by atomic mass is 9.88. The zero-order valence-electron chi connectivity index (χ0n) is 16.2. The van der Waals surface area contributed by atoms with Crippen molar-refractivity contribution < 1.29 is 19.4 Å². The summed E-state index contributed by atoms with van der Waals surface area (Å²) in [7, 11) is 0. The van der Waals surface area contributed by atoms with Crippen molar-refractivity contribution in [3.05, 3.63) is 69.4 Å². The monoisotopic (exact) mass is 407 g/mol. The Bertz CT molecular complexity index is 1080. The predicted octanol–water partition coefficient (Wildman–Crippen LogP) is 5.29. The summed E-state index contributed by atoms with van der Waals surface area (Å²) in [6.07, 6.45) is 0.273. The average Bonchev–Trinajstić information content (AvgIpc) is 3.08. The number of aryl methyl sites for hydroxylation is 1. The molecule has 0 fully saturated rings. The molecule has 3 aromatic rings. The quantitative estimate of drug-likeness (QED) is 0.602. The van der Waals surface area contributed by atoms with Gasteiger partial charge in [-0.3, -0.25) is 4.79 Å². The number of nitrogens with one attached hydrogen (secondary N) is 1. The van der Waals surface area contributed by atoms with Crippen LogP contribution in [0.3, 0.4) is 0 Å². The first-order valence-corrected chi connectivity index (χ1v) is 10.3. The van der Waals surface area contributed by atoms with Crippen LogP contribution in [0.2, 0.25) is 0 Å². The number of aromatic carboxylic acids is 1. The van der Waals surface area contributed by atoms with E-state index in [1.54, 1.807) is 0 Å². The van der Waals surface area contributed by atoms with Crippen molar-refractivity contribution in [1.82, 2.24) is 0 Å². The Morgan fingerprint density at radius 3 is 2.69 bits per heavy atom. The van der Waals surface area contributed by atoms with Crippen LogP contribution in [0.15, 0.2) is 48.5 Å². The van der Waals surface area contributed by atoms with Crippen molar-refractivity contribution >= 4 is 28.9 Å². The summed E-state index contributed by atoms with van der Waals surface area (Å²) in [5.74, 6) is -0.573. The van der Waals surface area contributed by atoms with E-state index >= 15 is 0 Å². The van der Waals surface area contributed by atoms with Crippen LogP contribution in [-0.2, 0) is 4.79 Å². The number of carbonyl (C=O) groups is 2. The standard InChI is InChI=1S/C23H21NO4S/c1-3-28-16-6-4-5-15(11-16)17-12-18(25)24-20-19(14-9-7-13(2)8-10-14)22(23(26)27)29-21(17)20/h4-11,17H,3,12H2,1-2H3,(H,24,25)(H,26,27)/t17-/m0/s1. The van der Waals surface area contributed by atoms with Gasteiger partial charge >= 0.3 is 5.97 Å². The number of benzene rings is 2. The van der Waals surface area contributed by atoms with E-state index in [0.29, 0.717) is 17.9 Å². The van der Waals surface area contributed by atoms with Crippen molar-refractivity contribution in [3.63, 3.8) is 0 Å². The lowest BCUT2D eigenvalue weighted by molar-refractivity contribution is -0.116. The van der Waals surface area contributed by atoms with Gasteiger partial charge in [-0.2, -0.15) is 0 Å². The van der Waals surface area contributed by atoms with Crippen molar-refractivity contribution in [2.75, 3.05) is 11.9 Å². The second-order valence-electron chi connectivity index (χ2n) is 7.03. The van der Waals surface area contributed by atoms with Gasteiger partial charge in [0.2, 0.25) is 5.91 Å². The number of rotatable bonds is 5. The van der Waals surface area contributed by atoms with Crippen molar-refractivity contribution in [3.8, 4) is 16.9 Å². The van der Waals surface area contributed by atoms with Gasteiger partial charge in [0, 0.05) is 22.8 Å². The van der Waals surface area contributed by atoms with Crippen LogP contribution in [0.5, 0.6) is 5.75 Å². The highest BCUT2D eigenvalue weighted by atomic mass is 32.1. The second-order valence-corrected chi connectivity index (χ2v) is 8.08. The molecule has 1 aliphatic rings. The second kappa shape index (κ2) is 7.72. The molecule has 5 nitrogen and oxygen atoms in total. The maximum atomic E-state index is 12.6. The number of ether oxygens (including phenoxy) is 1. The molecule has 0 saturated carbocycles. The number of amides is 1. The van der Waals surface area contributed by atoms with Gasteiger partial charge in [-0.1, -0.05) is 42.0 Å². The molecular formula is C23H21NO4S. The molecule has 0 aliphatic carbocycles. The highest BCUT2D eigenvalue weighted by Crippen LogP contribution is 2.49. The van der Waals surface area contributed by atoms with Crippen LogP contribution in [0, 0.1) is 6.92 Å². The van der Waals surface area contributed by atoms with Crippen molar-refractivity contribution in [1.29, 1.82) is 0 Å². The first-order valence-electron chi connectivity index (χ1n) is 9.47. The number of hydrogen-bond donors (Lipinski definition) is 2. The molecule has 0 spiro atoms. The van der Waals surface area contributed by atoms with E-state index in [4.69, 9.17) is 4.74 Å². The van der Waals surface area contributed by atoms with Crippen LogP contribution >= 0.6 is 11.3 Å². The largest absolute Gasteiger partial charge is 0.494 e. The van der Waals surface area contributed by atoms with E-state index in [1.165, 1.54) is 11.3 Å². The summed E-state index contributed by atoms with van der Waals surface area (Å²) in [5, 5.41) is 12.8. The molecule has 1 amide bonds. The van der Waals surface area contributed by atoms with Crippen LogP contribution in [-0.4, -0.2) is 23.6 Å². The molecule has 6 heteroatoms. The number of hydrogen-bond acceptors (Lipinski definition) is 4. The maximum absolute atomic E-state index is 12.6. The fraction of sp³-hybridized carbons (Fsp3) is 0.217. The van der Waals surface area contributed by atoms with E-state index < -0.39 is 5.97 Å². The zero-order valence-corrected chi connectivity index (χ0v) is 17.0. The molecule has 0 bridgehead atoms. The van der Waals surface area contributed by atoms with Gasteiger partial charge in [-0.15, -0.1) is 11.3 Å². The fourth-order valence-electron chi connectivity index (χ4n) is 3.69. The molecule has 0 unspecified atom stereocenters. The summed E-state index contributed by atoms with van der Waals surface area (Å²) >= 11 is 1.24. The number of thiophene rings is 1. The van der Waals surface area contributed by atoms with Gasteiger partial charge in [0.1, 0.15) is 10.6 Å². The minimum absolute atomic E-state index is 0.118. The number of fused-ring (bicyclic) bond motifs is 1. The molecular weight excluding hydrogens is 386 g/mol. The maximum Gasteiger partial charge on any atom is 0.346 e. The number of carboxylic acid groups (broad SMARTS) is 1. The lowest BCUT2D eigenvalue weighted by Gasteiger charge is -2.24. The van der Waals surface area contributed by atoms with E-state index in [2.05, 4.69) is 5.32 Å². The third-order valence-corrected chi connectivity index (χ3v) is 6.30. The number of anilines is 1. The van der Waals surface area contributed by atoms with Gasteiger partial charge in [-0.05, 0) is 37.1 Å². The lowest BCUT2D eigenvalue weighted by Crippen LogP contribution is -2.22. The molecule has 4 rings (SSSR count). The van der Waals surface area contributed by atoms with Crippen LogP contribution in [0.4, 0.5) is 5.69 Å². The highest BCUT2D eigenvalue weighted by Gasteiger charge is 2.34. The molecule has 1 aliphatic heterocycles. The smallest absolute Gasteiger partial charge is 0.346 e. The predicted molar refractivity (Wildman–Crippen MR) is 114 cm³/mol. The van der Waals surface area contributed by atoms with E-state index in [1.807, 2.05) is 62.4 Å². The third-order valence-electron chi connectivity index (χ3n) is 5.01. The Morgan fingerprint density at radius 1 is 1.24 bits per heavy atom. The van der Waals surface area contributed by atoms with Crippen LogP contribution in [0.1, 0.15) is 44.9 Å². The zero-order chi connectivity index (χ0) is 20.5. The average molecular weight is 407 g/mol. The molecule has 1 atom stereocenters. The van der Waals surface area contributed by atoms with Gasteiger partial charge in [-0.25, -0.2) is 4.79 Å². The highest BCUT2D eigenvalue weighted by molar-refractivity contribution is 7.15. The fourth-order valence-corrected chi connectivity index (χ4v) is 4.94. The van der Waals surface area contributed by atoms with Crippen molar-refractivity contribution in [2.24, 2.45) is 0 Å².